The van der Waals surface area contributed by atoms with Gasteiger partial charge in [0.05, 0.1) is 23.8 Å². The molecule has 0 aliphatic rings. The molecule has 2 aromatic heterocycles. The zero-order chi connectivity index (χ0) is 18.1. The Kier molecular flexibility index (Phi) is 4.38. The second-order valence-corrected chi connectivity index (χ2v) is 6.83. The Bertz CT molecular complexity index is 1150. The molecule has 2 heterocycles. The molecule has 0 atom stereocenters. The number of aromatic nitrogens is 4. The molecule has 0 radical (unpaired) electrons. The van der Waals surface area contributed by atoms with Crippen LogP contribution in [0.15, 0.2) is 58.2 Å². The second kappa shape index (κ2) is 6.84. The molecule has 0 saturated carbocycles. The predicted molar refractivity (Wildman–Crippen MR) is 103 cm³/mol. The fraction of sp³-hybridized carbons (Fsp3) is 0.211. The molecule has 7 heteroatoms. The van der Waals surface area contributed by atoms with Crippen molar-refractivity contribution in [3.8, 4) is 5.75 Å². The minimum absolute atomic E-state index is 0.0324. The van der Waals surface area contributed by atoms with Gasteiger partial charge in [-0.15, -0.1) is 22.0 Å². The van der Waals surface area contributed by atoms with Gasteiger partial charge in [-0.25, -0.2) is 0 Å². The first-order valence-corrected chi connectivity index (χ1v) is 9.34. The van der Waals surface area contributed by atoms with Gasteiger partial charge in [0.2, 0.25) is 5.78 Å². The van der Waals surface area contributed by atoms with Crippen molar-refractivity contribution >= 4 is 28.4 Å². The van der Waals surface area contributed by atoms with Crippen LogP contribution in [0, 0.1) is 0 Å². The van der Waals surface area contributed by atoms with Crippen LogP contribution in [0.2, 0.25) is 0 Å². The Balaban J connectivity index is 1.81. The number of hydrogen-bond donors (Lipinski definition) is 0. The van der Waals surface area contributed by atoms with Gasteiger partial charge in [0, 0.05) is 11.4 Å². The van der Waals surface area contributed by atoms with E-state index in [1.165, 1.54) is 0 Å². The molecule has 0 fully saturated rings. The van der Waals surface area contributed by atoms with Crippen LogP contribution in [-0.4, -0.2) is 26.3 Å². The van der Waals surface area contributed by atoms with Gasteiger partial charge >= 0.3 is 0 Å². The van der Waals surface area contributed by atoms with Gasteiger partial charge in [0.25, 0.3) is 5.56 Å². The van der Waals surface area contributed by atoms with E-state index in [9.17, 15) is 4.79 Å². The van der Waals surface area contributed by atoms with E-state index in [0.717, 1.165) is 22.0 Å². The average Bonchev–Trinajstić information content (AvgIpc) is 3.11. The first-order valence-electron chi connectivity index (χ1n) is 8.35. The predicted octanol–water partition coefficient (Wildman–Crippen LogP) is 3.37. The number of hydrogen-bond acceptors (Lipinski definition) is 5. The third kappa shape index (κ3) is 2.74. The average molecular weight is 366 g/mol. The van der Waals surface area contributed by atoms with E-state index in [0.29, 0.717) is 23.5 Å². The van der Waals surface area contributed by atoms with Gasteiger partial charge in [-0.1, -0.05) is 18.2 Å². The first-order chi connectivity index (χ1) is 12.7. The van der Waals surface area contributed by atoms with Crippen LogP contribution in [0.1, 0.15) is 12.7 Å². The maximum absolute atomic E-state index is 12.7. The van der Waals surface area contributed by atoms with Crippen molar-refractivity contribution in [2.24, 2.45) is 0 Å². The normalized spacial score (nSPS) is 11.3. The van der Waals surface area contributed by atoms with Crippen LogP contribution < -0.4 is 10.3 Å². The van der Waals surface area contributed by atoms with Gasteiger partial charge in [0.15, 0.2) is 0 Å². The lowest BCUT2D eigenvalue weighted by Crippen LogP contribution is -2.22. The van der Waals surface area contributed by atoms with Crippen LogP contribution in [0.3, 0.4) is 0 Å². The number of nitrogens with zero attached hydrogens (tertiary/aromatic N) is 4. The Labute approximate surface area is 154 Å². The number of para-hydroxylation sites is 1. The fourth-order valence-electron chi connectivity index (χ4n) is 3.03. The van der Waals surface area contributed by atoms with E-state index in [2.05, 4.69) is 10.2 Å². The number of ether oxygens (including phenoxy) is 1. The zero-order valence-electron chi connectivity index (χ0n) is 14.5. The molecule has 0 saturated heterocycles. The number of rotatable bonds is 5. The van der Waals surface area contributed by atoms with Gasteiger partial charge < -0.3 is 4.74 Å². The Morgan fingerprint density at radius 2 is 1.96 bits per heavy atom. The van der Waals surface area contributed by atoms with E-state index in [-0.39, 0.29) is 5.56 Å². The summed E-state index contributed by atoms with van der Waals surface area (Å²) in [6, 6.07) is 15.5. The van der Waals surface area contributed by atoms with Crippen LogP contribution in [0.4, 0.5) is 0 Å². The minimum Gasteiger partial charge on any atom is -0.497 e. The minimum atomic E-state index is -0.0324. The molecule has 26 heavy (non-hydrogen) atoms. The van der Waals surface area contributed by atoms with Crippen molar-refractivity contribution in [3.05, 3.63) is 64.7 Å². The molecule has 0 unspecified atom stereocenters. The lowest BCUT2D eigenvalue weighted by Gasteiger charge is -2.09. The SMILES string of the molecule is CCn1c(=O)c2ccccc2n2c(CSc3cccc(OC)c3)nnc12. The Morgan fingerprint density at radius 3 is 2.77 bits per heavy atom. The van der Waals surface area contributed by atoms with Gasteiger partial charge in [0.1, 0.15) is 11.6 Å². The molecule has 2 aromatic carbocycles. The highest BCUT2D eigenvalue weighted by Crippen LogP contribution is 2.26. The summed E-state index contributed by atoms with van der Waals surface area (Å²) in [6.45, 7) is 2.49. The maximum atomic E-state index is 12.7. The molecule has 0 bridgehead atoms. The third-order valence-corrected chi connectivity index (χ3v) is 5.29. The lowest BCUT2D eigenvalue weighted by atomic mass is 10.2. The van der Waals surface area contributed by atoms with E-state index < -0.39 is 0 Å². The van der Waals surface area contributed by atoms with E-state index in [1.807, 2.05) is 59.9 Å². The quantitative estimate of drug-likeness (QED) is 0.507. The summed E-state index contributed by atoms with van der Waals surface area (Å²) in [5, 5.41) is 9.31. The zero-order valence-corrected chi connectivity index (χ0v) is 15.4. The molecule has 0 aliphatic carbocycles. The molecule has 4 aromatic rings. The van der Waals surface area contributed by atoms with Crippen molar-refractivity contribution in [1.29, 1.82) is 0 Å². The summed E-state index contributed by atoms with van der Waals surface area (Å²) in [7, 11) is 1.66. The van der Waals surface area contributed by atoms with Crippen molar-refractivity contribution in [3.63, 3.8) is 0 Å². The highest BCUT2D eigenvalue weighted by Gasteiger charge is 2.15. The second-order valence-electron chi connectivity index (χ2n) is 5.79. The highest BCUT2D eigenvalue weighted by atomic mass is 32.2. The molecule has 0 N–H and O–H groups in total. The van der Waals surface area contributed by atoms with Crippen LogP contribution in [0.5, 0.6) is 5.75 Å². The molecule has 132 valence electrons. The number of benzene rings is 2. The Morgan fingerprint density at radius 1 is 1.12 bits per heavy atom. The fourth-order valence-corrected chi connectivity index (χ4v) is 3.89. The molecule has 0 spiro atoms. The van der Waals surface area contributed by atoms with Crippen LogP contribution in [-0.2, 0) is 12.3 Å². The number of thioether (sulfide) groups is 1. The number of methoxy groups -OCH3 is 1. The Hall–Kier alpha value is -2.80. The van der Waals surface area contributed by atoms with Crippen LogP contribution >= 0.6 is 11.8 Å². The lowest BCUT2D eigenvalue weighted by molar-refractivity contribution is 0.413. The molecule has 0 amide bonds. The van der Waals surface area contributed by atoms with E-state index in [4.69, 9.17) is 4.74 Å². The van der Waals surface area contributed by atoms with E-state index >= 15 is 0 Å². The van der Waals surface area contributed by atoms with Crippen LogP contribution in [0.25, 0.3) is 16.7 Å². The highest BCUT2D eigenvalue weighted by molar-refractivity contribution is 7.98. The van der Waals surface area contributed by atoms with Gasteiger partial charge in [-0.05, 0) is 37.3 Å². The summed E-state index contributed by atoms with van der Waals surface area (Å²) in [5.74, 6) is 2.86. The smallest absolute Gasteiger partial charge is 0.262 e. The summed E-state index contributed by atoms with van der Waals surface area (Å²) < 4.78 is 8.92. The molecular weight excluding hydrogens is 348 g/mol. The van der Waals surface area contributed by atoms with Gasteiger partial charge in [-0.2, -0.15) is 0 Å². The molecule has 0 aliphatic heterocycles. The summed E-state index contributed by atoms with van der Waals surface area (Å²) in [5.41, 5.74) is 0.804. The molecular formula is C19H18N4O2S. The maximum Gasteiger partial charge on any atom is 0.262 e. The van der Waals surface area contributed by atoms with Crippen molar-refractivity contribution in [2.45, 2.75) is 24.1 Å². The monoisotopic (exact) mass is 366 g/mol. The standard InChI is InChI=1S/C19H18N4O2S/c1-3-22-18(24)15-9-4-5-10-16(15)23-17(20-21-19(22)23)12-26-14-8-6-7-13(11-14)25-2/h4-11H,3,12H2,1-2H3. The summed E-state index contributed by atoms with van der Waals surface area (Å²) in [6.07, 6.45) is 0. The number of aryl methyl sites for hydroxylation is 1. The summed E-state index contributed by atoms with van der Waals surface area (Å²) in [4.78, 5) is 13.8. The summed E-state index contributed by atoms with van der Waals surface area (Å²) >= 11 is 1.66. The number of fused-ring (bicyclic) bond motifs is 3. The molecule has 6 nitrogen and oxygen atoms in total. The van der Waals surface area contributed by atoms with Crippen molar-refractivity contribution in [2.75, 3.05) is 7.11 Å². The third-order valence-electron chi connectivity index (χ3n) is 4.30. The molecule has 4 rings (SSSR count). The van der Waals surface area contributed by atoms with E-state index in [1.54, 1.807) is 23.4 Å². The van der Waals surface area contributed by atoms with Gasteiger partial charge in [-0.3, -0.25) is 13.8 Å². The first kappa shape index (κ1) is 16.7. The van der Waals surface area contributed by atoms with Crippen molar-refractivity contribution in [1.82, 2.24) is 19.2 Å². The largest absolute Gasteiger partial charge is 0.497 e. The topological polar surface area (TPSA) is 61.4 Å². The van der Waals surface area contributed by atoms with Crippen molar-refractivity contribution < 1.29 is 4.74 Å².